The number of hydrogen-bond acceptors (Lipinski definition) is 1. The molecule has 0 saturated carbocycles. The predicted octanol–water partition coefficient (Wildman–Crippen LogP) is 3.68. The number of hydrogen-bond donors (Lipinski definition) is 0. The van der Waals surface area contributed by atoms with Crippen LogP contribution in [0.15, 0.2) is 54.8 Å². The van der Waals surface area contributed by atoms with Gasteiger partial charge in [0, 0.05) is 18.2 Å². The number of fused-ring (bicyclic) bond motifs is 1. The molecule has 0 aromatic heterocycles. The van der Waals surface area contributed by atoms with Crippen LogP contribution < -0.4 is 4.90 Å². The third-order valence-electron chi connectivity index (χ3n) is 3.64. The third kappa shape index (κ3) is 1.83. The van der Waals surface area contributed by atoms with Crippen molar-refractivity contribution >= 4 is 5.69 Å². The first kappa shape index (κ1) is 11.8. The van der Waals surface area contributed by atoms with Crippen LogP contribution in [0, 0.1) is 0 Å². The lowest BCUT2D eigenvalue weighted by molar-refractivity contribution is 0.488. The van der Waals surface area contributed by atoms with Crippen molar-refractivity contribution in [2.24, 2.45) is 0 Å². The molecule has 0 amide bonds. The van der Waals surface area contributed by atoms with E-state index in [9.17, 15) is 0 Å². The fourth-order valence-corrected chi connectivity index (χ4v) is 2.72. The molecule has 2 rings (SSSR count). The van der Waals surface area contributed by atoms with Crippen LogP contribution in [0.5, 0.6) is 0 Å². The van der Waals surface area contributed by atoms with Crippen LogP contribution in [0.1, 0.15) is 19.4 Å². The van der Waals surface area contributed by atoms with Crippen molar-refractivity contribution in [3.63, 3.8) is 0 Å². The Balaban J connectivity index is 2.43. The monoisotopic (exact) mass is 225 g/mol. The van der Waals surface area contributed by atoms with Crippen LogP contribution in [-0.2, 0) is 5.41 Å². The van der Waals surface area contributed by atoms with Crippen LogP contribution in [0.2, 0.25) is 0 Å². The summed E-state index contributed by atoms with van der Waals surface area (Å²) in [6.07, 6.45) is 6.10. The molecule has 1 aromatic carbocycles. The summed E-state index contributed by atoms with van der Waals surface area (Å²) in [5, 5.41) is 0. The minimum absolute atomic E-state index is 0.136. The second-order valence-corrected chi connectivity index (χ2v) is 5.05. The van der Waals surface area contributed by atoms with Crippen molar-refractivity contribution in [3.8, 4) is 0 Å². The van der Waals surface area contributed by atoms with E-state index in [1.807, 2.05) is 12.2 Å². The van der Waals surface area contributed by atoms with Gasteiger partial charge in [-0.3, -0.25) is 0 Å². The first-order valence-corrected chi connectivity index (χ1v) is 5.94. The number of anilines is 1. The summed E-state index contributed by atoms with van der Waals surface area (Å²) in [4.78, 5) is 2.34. The summed E-state index contributed by atoms with van der Waals surface area (Å²) in [6.45, 7) is 8.16. The van der Waals surface area contributed by atoms with E-state index in [1.54, 1.807) is 0 Å². The Morgan fingerprint density at radius 3 is 2.71 bits per heavy atom. The molecule has 17 heavy (non-hydrogen) atoms. The van der Waals surface area contributed by atoms with E-state index in [-0.39, 0.29) is 5.41 Å². The van der Waals surface area contributed by atoms with Gasteiger partial charge in [0.1, 0.15) is 0 Å². The predicted molar refractivity (Wildman–Crippen MR) is 74.5 cm³/mol. The van der Waals surface area contributed by atoms with E-state index in [0.29, 0.717) is 6.04 Å². The summed E-state index contributed by atoms with van der Waals surface area (Å²) in [5.41, 5.74) is 5.66. The molecule has 0 saturated heterocycles. The van der Waals surface area contributed by atoms with Gasteiger partial charge >= 0.3 is 0 Å². The number of nitrogens with zero attached hydrogens (tertiary/aromatic N) is 1. The van der Waals surface area contributed by atoms with E-state index >= 15 is 0 Å². The number of rotatable bonds is 2. The zero-order chi connectivity index (χ0) is 12.5. The summed E-state index contributed by atoms with van der Waals surface area (Å²) in [5.74, 6) is 0. The molecule has 1 unspecified atom stereocenters. The van der Waals surface area contributed by atoms with Crippen molar-refractivity contribution < 1.29 is 0 Å². The van der Waals surface area contributed by atoms with Crippen LogP contribution in [0.3, 0.4) is 0 Å². The van der Waals surface area contributed by atoms with Gasteiger partial charge in [-0.2, -0.15) is 0 Å². The van der Waals surface area contributed by atoms with Gasteiger partial charge < -0.3 is 4.90 Å². The molecule has 0 radical (unpaired) electrons. The Labute approximate surface area is 104 Å². The quantitative estimate of drug-likeness (QED) is 0.548. The SMILES string of the molecule is C=C=C/C=C/C1N(C)c2ccccc2C1(C)C. The maximum atomic E-state index is 3.57. The Morgan fingerprint density at radius 2 is 2.06 bits per heavy atom. The van der Waals surface area contributed by atoms with Crippen molar-refractivity contribution in [1.29, 1.82) is 0 Å². The molecule has 1 aromatic rings. The third-order valence-corrected chi connectivity index (χ3v) is 3.64. The Hall–Kier alpha value is -1.72. The molecule has 1 aliphatic heterocycles. The number of allylic oxidation sites excluding steroid dienone is 2. The van der Waals surface area contributed by atoms with Gasteiger partial charge in [-0.1, -0.05) is 50.8 Å². The number of benzene rings is 1. The summed E-state index contributed by atoms with van der Waals surface area (Å²) in [6, 6.07) is 9.01. The van der Waals surface area contributed by atoms with E-state index < -0.39 is 0 Å². The Bertz CT molecular complexity index is 490. The zero-order valence-electron chi connectivity index (χ0n) is 10.8. The highest BCUT2D eigenvalue weighted by molar-refractivity contribution is 5.64. The molecule has 0 aliphatic carbocycles. The number of para-hydroxylation sites is 1. The molecule has 1 nitrogen and oxygen atoms in total. The summed E-state index contributed by atoms with van der Waals surface area (Å²) >= 11 is 0. The lowest BCUT2D eigenvalue weighted by Crippen LogP contribution is -2.37. The molecule has 1 heterocycles. The molecule has 1 aliphatic rings. The maximum absolute atomic E-state index is 3.57. The smallest absolute Gasteiger partial charge is 0.0565 e. The van der Waals surface area contributed by atoms with E-state index in [4.69, 9.17) is 0 Å². The second kappa shape index (κ2) is 4.27. The normalized spacial score (nSPS) is 21.4. The topological polar surface area (TPSA) is 3.24 Å². The first-order valence-electron chi connectivity index (χ1n) is 5.94. The van der Waals surface area contributed by atoms with Crippen molar-refractivity contribution in [1.82, 2.24) is 0 Å². The molecule has 0 bridgehead atoms. The standard InChI is InChI=1S/C16H19N/c1-5-6-7-12-15-16(2,3)13-10-8-9-11-14(13)17(15)4/h6-12,15H,1H2,2-4H3/b12-7+. The Kier molecular flexibility index (Phi) is 2.95. The molecule has 88 valence electrons. The van der Waals surface area contributed by atoms with Crippen molar-refractivity contribution in [2.45, 2.75) is 25.3 Å². The molecule has 1 atom stereocenters. The Morgan fingerprint density at radius 1 is 1.35 bits per heavy atom. The van der Waals surface area contributed by atoms with E-state index in [1.165, 1.54) is 11.3 Å². The maximum Gasteiger partial charge on any atom is 0.0565 e. The fourth-order valence-electron chi connectivity index (χ4n) is 2.72. The molecular weight excluding hydrogens is 206 g/mol. The lowest BCUT2D eigenvalue weighted by atomic mass is 9.80. The van der Waals surface area contributed by atoms with Crippen LogP contribution >= 0.6 is 0 Å². The average Bonchev–Trinajstić information content (AvgIpc) is 2.51. The summed E-state index contributed by atoms with van der Waals surface area (Å²) < 4.78 is 0. The molecule has 1 heteroatoms. The van der Waals surface area contributed by atoms with Gasteiger partial charge in [-0.15, -0.1) is 5.73 Å². The van der Waals surface area contributed by atoms with Crippen molar-refractivity contribution in [2.75, 3.05) is 11.9 Å². The van der Waals surface area contributed by atoms with Crippen LogP contribution in [0.4, 0.5) is 5.69 Å². The van der Waals surface area contributed by atoms with E-state index in [2.05, 4.69) is 68.4 Å². The zero-order valence-corrected chi connectivity index (χ0v) is 10.8. The lowest BCUT2D eigenvalue weighted by Gasteiger charge is -2.29. The minimum atomic E-state index is 0.136. The first-order chi connectivity index (χ1) is 8.09. The summed E-state index contributed by atoms with van der Waals surface area (Å²) in [7, 11) is 2.15. The molecule has 0 spiro atoms. The highest BCUT2D eigenvalue weighted by Crippen LogP contribution is 2.44. The van der Waals surface area contributed by atoms with Gasteiger partial charge in [-0.25, -0.2) is 0 Å². The van der Waals surface area contributed by atoms with Crippen LogP contribution in [-0.4, -0.2) is 13.1 Å². The largest absolute Gasteiger partial charge is 0.367 e. The minimum Gasteiger partial charge on any atom is -0.367 e. The van der Waals surface area contributed by atoms with Gasteiger partial charge in [-0.05, 0) is 17.7 Å². The van der Waals surface area contributed by atoms with Gasteiger partial charge in [0.2, 0.25) is 0 Å². The highest BCUT2D eigenvalue weighted by Gasteiger charge is 2.40. The number of likely N-dealkylation sites (N-methyl/N-ethyl adjacent to an activating group) is 1. The second-order valence-electron chi connectivity index (χ2n) is 5.05. The van der Waals surface area contributed by atoms with Gasteiger partial charge in [0.25, 0.3) is 0 Å². The fraction of sp³-hybridized carbons (Fsp3) is 0.312. The van der Waals surface area contributed by atoms with Crippen molar-refractivity contribution in [3.05, 3.63) is 60.4 Å². The van der Waals surface area contributed by atoms with Gasteiger partial charge in [0.15, 0.2) is 0 Å². The average molecular weight is 225 g/mol. The van der Waals surface area contributed by atoms with Gasteiger partial charge in [0.05, 0.1) is 6.04 Å². The highest BCUT2D eigenvalue weighted by atomic mass is 15.2. The molecular formula is C16H19N. The molecule has 0 N–H and O–H groups in total. The van der Waals surface area contributed by atoms with E-state index in [0.717, 1.165) is 0 Å². The molecule has 0 fully saturated rings. The van der Waals surface area contributed by atoms with Crippen LogP contribution in [0.25, 0.3) is 0 Å².